The van der Waals surface area contributed by atoms with Crippen LogP contribution < -0.4 is 5.73 Å². The average molecular weight is 372 g/mol. The van der Waals surface area contributed by atoms with Crippen molar-refractivity contribution in [1.29, 1.82) is 0 Å². The lowest BCUT2D eigenvalue weighted by atomic mass is 10.1. The van der Waals surface area contributed by atoms with Gasteiger partial charge in [-0.15, -0.1) is 11.3 Å². The number of benzene rings is 2. The summed E-state index contributed by atoms with van der Waals surface area (Å²) in [7, 11) is 0. The van der Waals surface area contributed by atoms with Crippen LogP contribution in [-0.4, -0.2) is 11.9 Å². The summed E-state index contributed by atoms with van der Waals surface area (Å²) in [6.45, 7) is 0.131. The molecule has 4 nitrogen and oxygen atoms in total. The average Bonchev–Trinajstić information content (AvgIpc) is 3.11. The second-order valence-corrected chi connectivity index (χ2v) is 6.83. The Morgan fingerprint density at radius 2 is 1.64 bits per heavy atom. The molecule has 0 spiro atoms. The Kier molecular flexibility index (Phi) is 5.16. The molecule has 2 aromatic carbocycles. The van der Waals surface area contributed by atoms with Crippen molar-refractivity contribution >= 4 is 34.8 Å². The molecule has 0 radical (unpaired) electrons. The molecule has 0 fully saturated rings. The lowest BCUT2D eigenvalue weighted by Gasteiger charge is -2.04. The third kappa shape index (κ3) is 4.26. The fourth-order valence-corrected chi connectivity index (χ4v) is 3.23. The number of thiophene rings is 1. The number of esters is 1. The number of ether oxygens (including phenoxy) is 1. The van der Waals surface area contributed by atoms with Gasteiger partial charge in [-0.2, -0.15) is 0 Å². The van der Waals surface area contributed by atoms with Crippen LogP contribution in [0, 0.1) is 0 Å². The molecular formula is C19H14ClNO3S. The summed E-state index contributed by atoms with van der Waals surface area (Å²) in [6.07, 6.45) is 0. The topological polar surface area (TPSA) is 69.4 Å². The molecule has 0 saturated heterocycles. The zero-order valence-corrected chi connectivity index (χ0v) is 14.6. The molecule has 0 unspecified atom stereocenters. The Hall–Kier alpha value is -2.63. The second-order valence-electron chi connectivity index (χ2n) is 5.31. The van der Waals surface area contributed by atoms with Crippen LogP contribution in [0.25, 0.3) is 10.4 Å². The Morgan fingerprint density at radius 1 is 0.960 bits per heavy atom. The van der Waals surface area contributed by atoms with Crippen LogP contribution in [-0.2, 0) is 11.3 Å². The summed E-state index contributed by atoms with van der Waals surface area (Å²) >= 11 is 7.25. The first-order valence-corrected chi connectivity index (χ1v) is 8.64. The fraction of sp³-hybridized carbons (Fsp3) is 0.0526. The number of primary amides is 1. The van der Waals surface area contributed by atoms with Gasteiger partial charge in [0.2, 0.25) is 5.91 Å². The molecule has 1 amide bonds. The van der Waals surface area contributed by atoms with Gasteiger partial charge in [0.1, 0.15) is 11.5 Å². The zero-order chi connectivity index (χ0) is 17.8. The number of halogens is 1. The summed E-state index contributed by atoms with van der Waals surface area (Å²) in [6, 6.07) is 17.7. The van der Waals surface area contributed by atoms with Gasteiger partial charge in [0.25, 0.3) is 0 Å². The lowest BCUT2D eigenvalue weighted by molar-refractivity contribution is 0.0478. The summed E-state index contributed by atoms with van der Waals surface area (Å²) in [5.41, 5.74) is 7.39. The van der Waals surface area contributed by atoms with Crippen molar-refractivity contribution in [1.82, 2.24) is 0 Å². The molecule has 126 valence electrons. The molecule has 0 aliphatic rings. The number of nitrogens with two attached hydrogens (primary N) is 1. The van der Waals surface area contributed by atoms with Gasteiger partial charge in [-0.3, -0.25) is 4.79 Å². The van der Waals surface area contributed by atoms with Gasteiger partial charge in [0.15, 0.2) is 0 Å². The quantitative estimate of drug-likeness (QED) is 0.670. The standard InChI is InChI=1S/C19H14ClNO3S/c20-15-7-5-13(6-8-15)16-9-10-17(25-16)19(23)24-11-12-1-3-14(4-2-12)18(21)22/h1-10H,11H2,(H2,21,22). The minimum Gasteiger partial charge on any atom is -0.457 e. The Labute approximate surface area is 153 Å². The number of carbonyl (C=O) groups is 2. The SMILES string of the molecule is NC(=O)c1ccc(COC(=O)c2ccc(-c3ccc(Cl)cc3)s2)cc1. The molecule has 0 aliphatic heterocycles. The fourth-order valence-electron chi connectivity index (χ4n) is 2.20. The van der Waals surface area contributed by atoms with E-state index in [-0.39, 0.29) is 12.6 Å². The van der Waals surface area contributed by atoms with Gasteiger partial charge in [-0.1, -0.05) is 35.9 Å². The van der Waals surface area contributed by atoms with Crippen LogP contribution in [0.3, 0.4) is 0 Å². The first-order valence-electron chi connectivity index (χ1n) is 7.44. The van der Waals surface area contributed by atoms with E-state index < -0.39 is 5.91 Å². The van der Waals surface area contributed by atoms with Crippen LogP contribution in [0.1, 0.15) is 25.6 Å². The molecule has 0 atom stereocenters. The van der Waals surface area contributed by atoms with Crippen molar-refractivity contribution in [2.45, 2.75) is 6.61 Å². The summed E-state index contributed by atoms with van der Waals surface area (Å²) in [4.78, 5) is 24.7. The molecule has 3 rings (SSSR count). The largest absolute Gasteiger partial charge is 0.457 e. The monoisotopic (exact) mass is 371 g/mol. The van der Waals surface area contributed by atoms with E-state index >= 15 is 0 Å². The predicted molar refractivity (Wildman–Crippen MR) is 98.8 cm³/mol. The van der Waals surface area contributed by atoms with E-state index in [2.05, 4.69) is 0 Å². The molecule has 6 heteroatoms. The Balaban J connectivity index is 1.63. The van der Waals surface area contributed by atoms with Crippen molar-refractivity contribution in [3.05, 3.63) is 81.7 Å². The van der Waals surface area contributed by atoms with E-state index in [0.717, 1.165) is 16.0 Å². The number of carbonyl (C=O) groups excluding carboxylic acids is 2. The minimum atomic E-state index is -0.489. The van der Waals surface area contributed by atoms with Gasteiger partial charge < -0.3 is 10.5 Å². The van der Waals surface area contributed by atoms with Crippen molar-refractivity contribution in [2.75, 3.05) is 0 Å². The maximum absolute atomic E-state index is 12.2. The molecule has 3 aromatic rings. The molecule has 1 heterocycles. The number of rotatable bonds is 5. The predicted octanol–water partition coefficient (Wildman–Crippen LogP) is 4.52. The Morgan fingerprint density at radius 3 is 2.28 bits per heavy atom. The van der Waals surface area contributed by atoms with Crippen LogP contribution in [0.4, 0.5) is 0 Å². The van der Waals surface area contributed by atoms with Crippen LogP contribution in [0.5, 0.6) is 0 Å². The first-order chi connectivity index (χ1) is 12.0. The highest BCUT2D eigenvalue weighted by Crippen LogP contribution is 2.29. The number of hydrogen-bond donors (Lipinski definition) is 1. The maximum atomic E-state index is 12.2. The van der Waals surface area contributed by atoms with Crippen molar-refractivity contribution < 1.29 is 14.3 Å². The molecule has 0 aliphatic carbocycles. The van der Waals surface area contributed by atoms with Gasteiger partial charge in [0, 0.05) is 15.5 Å². The van der Waals surface area contributed by atoms with Crippen LogP contribution >= 0.6 is 22.9 Å². The van der Waals surface area contributed by atoms with Gasteiger partial charge in [0.05, 0.1) is 0 Å². The molecule has 25 heavy (non-hydrogen) atoms. The van der Waals surface area contributed by atoms with Gasteiger partial charge in [-0.05, 0) is 47.5 Å². The van der Waals surface area contributed by atoms with Crippen LogP contribution in [0.15, 0.2) is 60.7 Å². The van der Waals surface area contributed by atoms with Crippen molar-refractivity contribution in [3.8, 4) is 10.4 Å². The summed E-state index contributed by atoms with van der Waals surface area (Å²) in [5.74, 6) is -0.874. The van der Waals surface area contributed by atoms with E-state index in [0.29, 0.717) is 15.5 Å². The molecule has 0 bridgehead atoms. The number of amides is 1. The normalized spacial score (nSPS) is 10.4. The van der Waals surface area contributed by atoms with Gasteiger partial charge in [-0.25, -0.2) is 4.79 Å². The van der Waals surface area contributed by atoms with E-state index in [1.807, 2.05) is 30.3 Å². The molecule has 0 saturated carbocycles. The molecule has 2 N–H and O–H groups in total. The summed E-state index contributed by atoms with van der Waals surface area (Å²) in [5, 5.41) is 0.669. The smallest absolute Gasteiger partial charge is 0.348 e. The Bertz CT molecular complexity index is 901. The van der Waals surface area contributed by atoms with Gasteiger partial charge >= 0.3 is 5.97 Å². The van der Waals surface area contributed by atoms with E-state index in [1.54, 1.807) is 30.3 Å². The molecule has 1 aromatic heterocycles. The lowest BCUT2D eigenvalue weighted by Crippen LogP contribution is -2.10. The minimum absolute atomic E-state index is 0.131. The number of hydrogen-bond acceptors (Lipinski definition) is 4. The highest BCUT2D eigenvalue weighted by atomic mass is 35.5. The molecular weight excluding hydrogens is 358 g/mol. The first kappa shape index (κ1) is 17.2. The van der Waals surface area contributed by atoms with Crippen LogP contribution in [0.2, 0.25) is 5.02 Å². The zero-order valence-electron chi connectivity index (χ0n) is 13.1. The summed E-state index contributed by atoms with van der Waals surface area (Å²) < 4.78 is 5.32. The highest BCUT2D eigenvalue weighted by molar-refractivity contribution is 7.17. The second kappa shape index (κ2) is 7.51. The van der Waals surface area contributed by atoms with Crippen molar-refractivity contribution in [3.63, 3.8) is 0 Å². The van der Waals surface area contributed by atoms with E-state index in [9.17, 15) is 9.59 Å². The third-order valence-corrected chi connectivity index (χ3v) is 4.91. The van der Waals surface area contributed by atoms with Crippen molar-refractivity contribution in [2.24, 2.45) is 5.73 Å². The van der Waals surface area contributed by atoms with E-state index in [4.69, 9.17) is 22.1 Å². The highest BCUT2D eigenvalue weighted by Gasteiger charge is 2.12. The maximum Gasteiger partial charge on any atom is 0.348 e. The third-order valence-electron chi connectivity index (χ3n) is 3.54. The van der Waals surface area contributed by atoms with E-state index in [1.165, 1.54) is 11.3 Å².